The van der Waals surface area contributed by atoms with Gasteiger partial charge in [0.05, 0.1) is 10.7 Å². The maximum atomic E-state index is 12.1. The molecule has 0 saturated heterocycles. The molecule has 2 rings (SSSR count). The topological polar surface area (TPSA) is 79.0 Å². The van der Waals surface area contributed by atoms with Gasteiger partial charge in [-0.05, 0) is 40.2 Å². The molecular weight excluding hydrogens is 391 g/mol. The number of H-pyrrole nitrogens is 1. The van der Waals surface area contributed by atoms with Crippen LogP contribution >= 0.6 is 39.1 Å². The Balaban J connectivity index is 2.37. The molecular formula is C11H7BrCl2N2O3S. The molecule has 106 valence electrons. The van der Waals surface area contributed by atoms with Gasteiger partial charge in [-0.1, -0.05) is 23.2 Å². The lowest BCUT2D eigenvalue weighted by Gasteiger charge is -2.08. The van der Waals surface area contributed by atoms with Crippen LogP contribution in [0.3, 0.4) is 0 Å². The Morgan fingerprint density at radius 1 is 1.15 bits per heavy atom. The van der Waals surface area contributed by atoms with Gasteiger partial charge in [0.2, 0.25) is 0 Å². The maximum Gasteiger partial charge on any atom is 0.266 e. The minimum Gasteiger partial charge on any atom is -0.326 e. The molecule has 0 aliphatic rings. The average Bonchev–Trinajstić information content (AvgIpc) is 2.37. The van der Waals surface area contributed by atoms with Crippen LogP contribution in [0.15, 0.2) is 44.6 Å². The van der Waals surface area contributed by atoms with E-state index in [0.717, 1.165) is 12.3 Å². The zero-order valence-corrected chi connectivity index (χ0v) is 13.6. The van der Waals surface area contributed by atoms with Gasteiger partial charge in [-0.2, -0.15) is 0 Å². The number of benzene rings is 1. The third kappa shape index (κ3) is 3.35. The van der Waals surface area contributed by atoms with Crippen LogP contribution < -0.4 is 10.3 Å². The van der Waals surface area contributed by atoms with Gasteiger partial charge in [-0.3, -0.25) is 9.52 Å². The van der Waals surface area contributed by atoms with Crippen LogP contribution in [-0.4, -0.2) is 13.4 Å². The first kappa shape index (κ1) is 15.4. The van der Waals surface area contributed by atoms with Gasteiger partial charge in [-0.15, -0.1) is 0 Å². The molecule has 20 heavy (non-hydrogen) atoms. The van der Waals surface area contributed by atoms with Crippen LogP contribution in [0.5, 0.6) is 0 Å². The van der Waals surface area contributed by atoms with E-state index < -0.39 is 15.6 Å². The van der Waals surface area contributed by atoms with E-state index in [0.29, 0.717) is 15.2 Å². The van der Waals surface area contributed by atoms with Gasteiger partial charge in [0.15, 0.2) is 0 Å². The van der Waals surface area contributed by atoms with Crippen molar-refractivity contribution in [1.82, 2.24) is 4.98 Å². The first-order valence-corrected chi connectivity index (χ1v) is 8.19. The van der Waals surface area contributed by atoms with E-state index in [4.69, 9.17) is 23.2 Å². The zero-order chi connectivity index (χ0) is 14.9. The number of anilines is 1. The summed E-state index contributed by atoms with van der Waals surface area (Å²) >= 11 is 14.7. The Kier molecular flexibility index (Phi) is 4.43. The molecule has 2 aromatic rings. The van der Waals surface area contributed by atoms with E-state index in [-0.39, 0.29) is 9.92 Å². The summed E-state index contributed by atoms with van der Waals surface area (Å²) in [4.78, 5) is 13.2. The molecule has 1 aromatic carbocycles. The van der Waals surface area contributed by atoms with E-state index in [1.165, 1.54) is 6.07 Å². The number of nitrogens with one attached hydrogen (secondary N) is 2. The molecule has 0 aliphatic heterocycles. The highest BCUT2D eigenvalue weighted by Crippen LogP contribution is 2.26. The predicted octanol–water partition coefficient (Wildman–Crippen LogP) is 3.25. The highest BCUT2D eigenvalue weighted by Gasteiger charge is 2.16. The minimum absolute atomic E-state index is 0.152. The van der Waals surface area contributed by atoms with Crippen molar-refractivity contribution in [2.45, 2.75) is 4.90 Å². The van der Waals surface area contributed by atoms with Crippen LogP contribution in [0.4, 0.5) is 5.69 Å². The number of rotatable bonds is 3. The minimum atomic E-state index is -3.86. The molecule has 0 unspecified atom stereocenters. The van der Waals surface area contributed by atoms with Crippen LogP contribution in [-0.2, 0) is 10.0 Å². The monoisotopic (exact) mass is 396 g/mol. The Bertz CT molecular complexity index is 821. The fourth-order valence-electron chi connectivity index (χ4n) is 1.37. The molecule has 0 bridgehead atoms. The van der Waals surface area contributed by atoms with E-state index in [1.54, 1.807) is 12.1 Å². The molecule has 9 heteroatoms. The summed E-state index contributed by atoms with van der Waals surface area (Å²) in [5.74, 6) is 0. The summed E-state index contributed by atoms with van der Waals surface area (Å²) in [6.45, 7) is 0. The lowest BCUT2D eigenvalue weighted by molar-refractivity contribution is 0.600. The molecule has 0 aliphatic carbocycles. The Morgan fingerprint density at radius 2 is 1.85 bits per heavy atom. The zero-order valence-electron chi connectivity index (χ0n) is 9.65. The molecule has 0 radical (unpaired) electrons. The molecule has 5 nitrogen and oxygen atoms in total. The van der Waals surface area contributed by atoms with E-state index >= 15 is 0 Å². The van der Waals surface area contributed by atoms with Crippen molar-refractivity contribution < 1.29 is 8.42 Å². The second-order valence-corrected chi connectivity index (χ2v) is 7.10. The number of halogens is 3. The lowest BCUT2D eigenvalue weighted by Crippen LogP contribution is -2.16. The van der Waals surface area contributed by atoms with Crippen molar-refractivity contribution in [3.8, 4) is 0 Å². The van der Waals surface area contributed by atoms with Gasteiger partial charge in [-0.25, -0.2) is 8.42 Å². The standard InChI is InChI=1S/C11H7BrCl2N2O3S/c12-8-2-1-6(3-9(8)13)16-20(18,19)7-4-10(14)11(17)15-5-7/h1-5,16H,(H,15,17). The van der Waals surface area contributed by atoms with Crippen molar-refractivity contribution in [2.75, 3.05) is 4.72 Å². The predicted molar refractivity (Wildman–Crippen MR) is 82.0 cm³/mol. The fourth-order valence-corrected chi connectivity index (χ4v) is 3.07. The summed E-state index contributed by atoms with van der Waals surface area (Å²) in [7, 11) is -3.86. The van der Waals surface area contributed by atoms with Gasteiger partial charge in [0.1, 0.15) is 9.92 Å². The van der Waals surface area contributed by atoms with Gasteiger partial charge in [0.25, 0.3) is 15.6 Å². The molecule has 0 spiro atoms. The smallest absolute Gasteiger partial charge is 0.266 e. The first-order chi connectivity index (χ1) is 9.29. The van der Waals surface area contributed by atoms with Crippen molar-refractivity contribution in [3.63, 3.8) is 0 Å². The van der Waals surface area contributed by atoms with Crippen LogP contribution in [0.1, 0.15) is 0 Å². The Hall–Kier alpha value is -1.02. The normalized spacial score (nSPS) is 11.3. The van der Waals surface area contributed by atoms with Crippen molar-refractivity contribution in [1.29, 1.82) is 0 Å². The third-order valence-electron chi connectivity index (χ3n) is 2.31. The van der Waals surface area contributed by atoms with Crippen LogP contribution in [0, 0.1) is 0 Å². The van der Waals surface area contributed by atoms with E-state index in [2.05, 4.69) is 25.6 Å². The number of aromatic nitrogens is 1. The second kappa shape index (κ2) is 5.77. The lowest BCUT2D eigenvalue weighted by atomic mass is 10.3. The van der Waals surface area contributed by atoms with Crippen molar-refractivity contribution in [3.05, 3.63) is 55.3 Å². The van der Waals surface area contributed by atoms with Gasteiger partial charge >= 0.3 is 0 Å². The van der Waals surface area contributed by atoms with Crippen LogP contribution in [0.2, 0.25) is 10.0 Å². The summed E-state index contributed by atoms with van der Waals surface area (Å²) in [5.41, 5.74) is -0.266. The van der Waals surface area contributed by atoms with Gasteiger partial charge < -0.3 is 4.98 Å². The molecule has 0 saturated carbocycles. The number of hydrogen-bond acceptors (Lipinski definition) is 3. The molecule has 1 aromatic heterocycles. The number of pyridine rings is 1. The highest BCUT2D eigenvalue weighted by atomic mass is 79.9. The molecule has 0 atom stereocenters. The summed E-state index contributed by atoms with van der Waals surface area (Å²) in [6.07, 6.45) is 1.07. The van der Waals surface area contributed by atoms with E-state index in [9.17, 15) is 13.2 Å². The van der Waals surface area contributed by atoms with Crippen LogP contribution in [0.25, 0.3) is 0 Å². The van der Waals surface area contributed by atoms with Gasteiger partial charge in [0, 0.05) is 10.7 Å². The highest BCUT2D eigenvalue weighted by molar-refractivity contribution is 9.10. The number of aromatic amines is 1. The van der Waals surface area contributed by atoms with Crippen molar-refractivity contribution in [2.24, 2.45) is 0 Å². The molecule has 0 amide bonds. The second-order valence-electron chi connectivity index (χ2n) is 3.75. The summed E-state index contributed by atoms with van der Waals surface area (Å²) < 4.78 is 27.2. The van der Waals surface area contributed by atoms with Crippen molar-refractivity contribution >= 4 is 54.8 Å². The number of sulfonamides is 1. The summed E-state index contributed by atoms with van der Waals surface area (Å²) in [5, 5.41) is 0.159. The maximum absolute atomic E-state index is 12.1. The SMILES string of the molecule is O=c1[nH]cc(S(=O)(=O)Nc2ccc(Br)c(Cl)c2)cc1Cl. The Labute approximate surface area is 133 Å². The quantitative estimate of drug-likeness (QED) is 0.834. The summed E-state index contributed by atoms with van der Waals surface area (Å²) in [6, 6.07) is 5.68. The molecule has 0 fully saturated rings. The van der Waals surface area contributed by atoms with E-state index in [1.807, 2.05) is 0 Å². The average molecular weight is 398 g/mol. The molecule has 1 heterocycles. The third-order valence-corrected chi connectivity index (χ3v) is 5.19. The fraction of sp³-hybridized carbons (Fsp3) is 0. The molecule has 2 N–H and O–H groups in total. The Morgan fingerprint density at radius 3 is 2.45 bits per heavy atom. The first-order valence-electron chi connectivity index (χ1n) is 5.16. The number of hydrogen-bond donors (Lipinski definition) is 2. The largest absolute Gasteiger partial charge is 0.326 e.